The molecule has 0 aliphatic rings. The van der Waals surface area contributed by atoms with Crippen LogP contribution in [-0.4, -0.2) is 10.4 Å². The molecule has 0 spiro atoms. The number of hydrogen-bond donors (Lipinski definition) is 1. The maximum atomic E-state index is 10.7. The molecule has 0 saturated heterocycles. The number of benzene rings is 1. The minimum atomic E-state index is -0.754. The zero-order valence-corrected chi connectivity index (χ0v) is 7.04. The van der Waals surface area contributed by atoms with Crippen molar-refractivity contribution in [3.63, 3.8) is 0 Å². The van der Waals surface area contributed by atoms with Crippen LogP contribution in [0.5, 0.6) is 0 Å². The number of fused-ring (bicyclic) bond motifs is 1. The Kier molecular flexibility index (Phi) is 1.59. The summed E-state index contributed by atoms with van der Waals surface area (Å²) in [6, 6.07) is 9.45. The highest BCUT2D eigenvalue weighted by Crippen LogP contribution is 2.31. The molecule has 2 aromatic rings. The molecule has 1 N–H and O–H groups in total. The summed E-state index contributed by atoms with van der Waals surface area (Å²) >= 11 is 0. The van der Waals surface area contributed by atoms with E-state index in [1.54, 1.807) is 5.38 Å². The third kappa shape index (κ3) is 0.987. The van der Waals surface area contributed by atoms with E-state index in [9.17, 15) is 4.79 Å². The van der Waals surface area contributed by atoms with Crippen LogP contribution in [0.2, 0.25) is 0 Å². The first kappa shape index (κ1) is 7.31. The van der Waals surface area contributed by atoms with Crippen LogP contribution in [0.15, 0.2) is 35.7 Å². The smallest absolute Gasteiger partial charge is 0.437 e. The van der Waals surface area contributed by atoms with Crippen molar-refractivity contribution in [3.05, 3.63) is 35.7 Å². The Morgan fingerprint density at radius 3 is 2.75 bits per heavy atom. The molecule has 1 atom stereocenters. The summed E-state index contributed by atoms with van der Waals surface area (Å²) in [6.07, 6.45) is 0. The maximum Gasteiger partial charge on any atom is 0.552 e. The average Bonchev–Trinajstić information content (AvgIpc) is 2.47. The Bertz CT molecular complexity index is 431. The minimum Gasteiger partial charge on any atom is -0.437 e. The minimum absolute atomic E-state index is 0.718. The highest BCUT2D eigenvalue weighted by atomic mass is 32.2. The Morgan fingerprint density at radius 2 is 2.00 bits per heavy atom. The SMILES string of the molecule is O=C(O)[s+]1ccc2ccccc21. The molecule has 2 nitrogen and oxygen atoms in total. The Hall–Kier alpha value is -1.35. The van der Waals surface area contributed by atoms with Gasteiger partial charge in [-0.15, -0.1) is 0 Å². The van der Waals surface area contributed by atoms with Crippen molar-refractivity contribution in [2.45, 2.75) is 0 Å². The number of hydrogen-bond acceptors (Lipinski definition) is 1. The molecular weight excluding hydrogens is 172 g/mol. The molecule has 0 fully saturated rings. The van der Waals surface area contributed by atoms with Crippen LogP contribution in [-0.2, 0) is 0 Å². The predicted molar refractivity (Wildman–Crippen MR) is 49.8 cm³/mol. The topological polar surface area (TPSA) is 37.3 Å². The zero-order chi connectivity index (χ0) is 8.55. The maximum absolute atomic E-state index is 10.7. The van der Waals surface area contributed by atoms with E-state index < -0.39 is 15.8 Å². The summed E-state index contributed by atoms with van der Waals surface area (Å²) in [4.78, 5) is 10.7. The van der Waals surface area contributed by atoms with Gasteiger partial charge in [-0.1, -0.05) is 12.1 Å². The quantitative estimate of drug-likeness (QED) is 0.683. The van der Waals surface area contributed by atoms with Gasteiger partial charge in [0.05, 0.1) is 0 Å². The molecule has 12 heavy (non-hydrogen) atoms. The van der Waals surface area contributed by atoms with Gasteiger partial charge in [0.1, 0.15) is 10.5 Å². The second-order valence-corrected chi connectivity index (χ2v) is 4.18. The van der Waals surface area contributed by atoms with Gasteiger partial charge < -0.3 is 5.11 Å². The van der Waals surface area contributed by atoms with Crippen LogP contribution in [0.1, 0.15) is 0 Å². The van der Waals surface area contributed by atoms with Crippen molar-refractivity contribution in [2.24, 2.45) is 0 Å². The van der Waals surface area contributed by atoms with E-state index in [2.05, 4.69) is 0 Å². The third-order valence-electron chi connectivity index (χ3n) is 1.73. The number of thiophene rings is 1. The molecular formula is C9H7O2S+. The largest absolute Gasteiger partial charge is 0.552 e. The lowest BCUT2D eigenvalue weighted by Gasteiger charge is -1.81. The molecule has 1 aromatic heterocycles. The molecule has 0 radical (unpaired) electrons. The second-order valence-electron chi connectivity index (χ2n) is 2.44. The van der Waals surface area contributed by atoms with E-state index in [0.29, 0.717) is 0 Å². The third-order valence-corrected chi connectivity index (χ3v) is 3.36. The van der Waals surface area contributed by atoms with Crippen LogP contribution in [0.25, 0.3) is 10.1 Å². The Labute approximate surface area is 72.0 Å². The van der Waals surface area contributed by atoms with E-state index in [1.807, 2.05) is 30.3 Å². The fraction of sp³-hybridized carbons (Fsp3) is 0. The molecule has 0 saturated carbocycles. The summed E-state index contributed by atoms with van der Waals surface area (Å²) in [7, 11) is -0.718. The Balaban J connectivity index is 2.79. The van der Waals surface area contributed by atoms with Crippen molar-refractivity contribution in [1.82, 2.24) is 0 Å². The summed E-state index contributed by atoms with van der Waals surface area (Å²) in [5, 5.41) is 10.8. The van der Waals surface area contributed by atoms with Gasteiger partial charge >= 0.3 is 5.30 Å². The summed E-state index contributed by atoms with van der Waals surface area (Å²) in [5.41, 5.74) is 0. The van der Waals surface area contributed by atoms with Gasteiger partial charge in [0.15, 0.2) is 10.1 Å². The normalized spacial score (nSPS) is 11.8. The van der Waals surface area contributed by atoms with E-state index in [0.717, 1.165) is 10.1 Å². The van der Waals surface area contributed by atoms with E-state index in [1.165, 1.54) is 0 Å². The lowest BCUT2D eigenvalue weighted by molar-refractivity contribution is 0.221. The van der Waals surface area contributed by atoms with Crippen LogP contribution in [0.4, 0.5) is 4.79 Å². The predicted octanol–water partition coefficient (Wildman–Crippen LogP) is 3.12. The second kappa shape index (κ2) is 2.60. The van der Waals surface area contributed by atoms with Crippen LogP contribution in [0.3, 0.4) is 0 Å². The van der Waals surface area contributed by atoms with E-state index in [-0.39, 0.29) is 0 Å². The fourth-order valence-corrected chi connectivity index (χ4v) is 2.53. The lowest BCUT2D eigenvalue weighted by atomic mass is 10.3. The van der Waals surface area contributed by atoms with Crippen molar-refractivity contribution < 1.29 is 9.90 Å². The first-order valence-electron chi connectivity index (χ1n) is 3.52. The van der Waals surface area contributed by atoms with Gasteiger partial charge in [-0.25, -0.2) is 0 Å². The van der Waals surface area contributed by atoms with Gasteiger partial charge in [0, 0.05) is 11.5 Å². The number of carbonyl (C=O) groups is 1. The van der Waals surface area contributed by atoms with Crippen LogP contribution in [0, 0.1) is 0 Å². The van der Waals surface area contributed by atoms with Crippen LogP contribution < -0.4 is 0 Å². The highest BCUT2D eigenvalue weighted by Gasteiger charge is 2.19. The van der Waals surface area contributed by atoms with Gasteiger partial charge in [-0.3, -0.25) is 0 Å². The molecule has 0 aliphatic heterocycles. The molecule has 0 aliphatic carbocycles. The van der Waals surface area contributed by atoms with Crippen molar-refractivity contribution in [3.8, 4) is 0 Å². The number of carboxylic acid groups (broad SMARTS) is 1. The molecule has 1 aromatic carbocycles. The number of rotatable bonds is 1. The first-order chi connectivity index (χ1) is 5.79. The molecule has 0 amide bonds. The lowest BCUT2D eigenvalue weighted by Crippen LogP contribution is -1.80. The van der Waals surface area contributed by atoms with Gasteiger partial charge in [0.2, 0.25) is 0 Å². The monoisotopic (exact) mass is 179 g/mol. The Morgan fingerprint density at radius 1 is 1.25 bits per heavy atom. The molecule has 1 heterocycles. The summed E-state index contributed by atoms with van der Waals surface area (Å²) in [6.45, 7) is 0. The standard InChI is InChI=1S/C9H6O2S/c10-9(11)12-6-5-7-3-1-2-4-8(7)12/h1-6H/p+1. The molecule has 0 bridgehead atoms. The summed E-state index contributed by atoms with van der Waals surface area (Å²) in [5.74, 6) is 0. The first-order valence-corrected chi connectivity index (χ1v) is 4.81. The van der Waals surface area contributed by atoms with E-state index in [4.69, 9.17) is 5.11 Å². The van der Waals surface area contributed by atoms with Crippen molar-refractivity contribution in [1.29, 1.82) is 0 Å². The van der Waals surface area contributed by atoms with Gasteiger partial charge in [-0.05, 0) is 12.1 Å². The van der Waals surface area contributed by atoms with Crippen molar-refractivity contribution >= 4 is 25.9 Å². The molecule has 2 rings (SSSR count). The van der Waals surface area contributed by atoms with Gasteiger partial charge in [0.25, 0.3) is 0 Å². The van der Waals surface area contributed by atoms with Crippen molar-refractivity contribution in [2.75, 3.05) is 0 Å². The zero-order valence-electron chi connectivity index (χ0n) is 6.23. The van der Waals surface area contributed by atoms with Crippen LogP contribution >= 0.6 is 10.5 Å². The van der Waals surface area contributed by atoms with E-state index >= 15 is 0 Å². The molecule has 60 valence electrons. The summed E-state index contributed by atoms with van der Waals surface area (Å²) < 4.78 is 0.921. The molecule has 3 heteroatoms. The average molecular weight is 179 g/mol. The molecule has 1 unspecified atom stereocenters. The highest BCUT2D eigenvalue weighted by molar-refractivity contribution is 7.54. The fourth-order valence-electron chi connectivity index (χ4n) is 1.19. The van der Waals surface area contributed by atoms with Gasteiger partial charge in [-0.2, -0.15) is 4.79 Å².